The summed E-state index contributed by atoms with van der Waals surface area (Å²) in [7, 11) is 1.55. The number of anilines is 1. The van der Waals surface area contributed by atoms with E-state index >= 15 is 0 Å². The molecular formula is C31H29ClN6O3. The normalized spacial score (nSPS) is 29.7. The largest absolute Gasteiger partial charge is 0.390 e. The van der Waals surface area contributed by atoms with E-state index in [0.717, 1.165) is 18.4 Å². The van der Waals surface area contributed by atoms with E-state index in [2.05, 4.69) is 39.6 Å². The van der Waals surface area contributed by atoms with Crippen molar-refractivity contribution in [2.75, 3.05) is 12.4 Å². The minimum Gasteiger partial charge on any atom is -0.390 e. The average molecular weight is 569 g/mol. The van der Waals surface area contributed by atoms with Gasteiger partial charge in [-0.3, -0.25) is 4.79 Å². The number of hydrogen-bond acceptors (Lipinski definition) is 7. The molecule has 2 aromatic carbocycles. The van der Waals surface area contributed by atoms with Crippen LogP contribution in [0.2, 0.25) is 5.02 Å². The number of aromatic nitrogens is 4. The van der Waals surface area contributed by atoms with Crippen molar-refractivity contribution < 1.29 is 15.0 Å². The van der Waals surface area contributed by atoms with Crippen LogP contribution in [0.5, 0.6) is 0 Å². The Morgan fingerprint density at radius 3 is 2.63 bits per heavy atom. The van der Waals surface area contributed by atoms with Gasteiger partial charge in [-0.05, 0) is 54.4 Å². The third-order valence-electron chi connectivity index (χ3n) is 8.63. The highest BCUT2D eigenvalue weighted by molar-refractivity contribution is 6.30. The minimum atomic E-state index is -1.19. The van der Waals surface area contributed by atoms with Gasteiger partial charge in [0.1, 0.15) is 6.10 Å². The fourth-order valence-corrected chi connectivity index (χ4v) is 6.62. The van der Waals surface area contributed by atoms with Gasteiger partial charge in [-0.15, -0.1) is 0 Å². The second kappa shape index (κ2) is 10.1. The minimum absolute atomic E-state index is 0.0181. The summed E-state index contributed by atoms with van der Waals surface area (Å²) in [5.41, 5.74) is 3.11. The summed E-state index contributed by atoms with van der Waals surface area (Å²) >= 11 is 6.14. The van der Waals surface area contributed by atoms with E-state index in [1.165, 1.54) is 5.56 Å². The zero-order valence-corrected chi connectivity index (χ0v) is 23.0. The van der Waals surface area contributed by atoms with E-state index in [-0.39, 0.29) is 23.8 Å². The maximum Gasteiger partial charge on any atom is 0.225 e. The predicted octanol–water partition coefficient (Wildman–Crippen LogP) is 3.12. The number of aliphatic hydroxyl groups is 2. The maximum atomic E-state index is 12.4. The third kappa shape index (κ3) is 4.72. The smallest absolute Gasteiger partial charge is 0.225 e. The Labute approximate surface area is 242 Å². The Morgan fingerprint density at radius 2 is 1.85 bits per heavy atom. The number of aliphatic hydroxyl groups excluding tert-OH is 2. The number of fused-ring (bicyclic) bond motifs is 2. The van der Waals surface area contributed by atoms with Crippen molar-refractivity contribution in [1.29, 1.82) is 0 Å². The summed E-state index contributed by atoms with van der Waals surface area (Å²) in [6, 6.07) is 17.4. The van der Waals surface area contributed by atoms with Gasteiger partial charge in [0.05, 0.1) is 24.4 Å². The molecular weight excluding hydrogens is 540 g/mol. The second-order valence-electron chi connectivity index (χ2n) is 11.2. The molecule has 41 heavy (non-hydrogen) atoms. The third-order valence-corrected chi connectivity index (χ3v) is 8.87. The van der Waals surface area contributed by atoms with Crippen molar-refractivity contribution in [2.45, 2.75) is 43.1 Å². The molecule has 4 aromatic rings. The molecule has 10 heteroatoms. The van der Waals surface area contributed by atoms with Crippen LogP contribution in [-0.2, 0) is 4.79 Å². The van der Waals surface area contributed by atoms with Crippen LogP contribution in [-0.4, -0.2) is 60.9 Å². The molecule has 1 amide bonds. The first-order chi connectivity index (χ1) is 19.9. The number of carbonyl (C=O) groups excluding carboxylic acids is 1. The molecule has 3 fully saturated rings. The SMILES string of the molecule is CNC(=O)[C@H]1C2CC2[C@@H](n2cnc3c(NC4CC4c4ccccc4)nc(C#Cc4cccc(Cl)c4)nc32)[C@H](O)[C@@H]1O. The number of rotatable bonds is 5. The zero-order chi connectivity index (χ0) is 28.2. The van der Waals surface area contributed by atoms with Crippen molar-refractivity contribution in [3.8, 4) is 11.8 Å². The molecule has 0 spiro atoms. The summed E-state index contributed by atoms with van der Waals surface area (Å²) in [4.78, 5) is 26.6. The lowest BCUT2D eigenvalue weighted by molar-refractivity contribution is -0.139. The summed E-state index contributed by atoms with van der Waals surface area (Å²) < 4.78 is 1.83. The zero-order valence-electron chi connectivity index (χ0n) is 22.3. The number of nitrogens with one attached hydrogen (secondary N) is 2. The fraction of sp³-hybridized carbons (Fsp3) is 0.355. The summed E-state index contributed by atoms with van der Waals surface area (Å²) in [6.45, 7) is 0. The number of amides is 1. The van der Waals surface area contributed by atoms with Crippen molar-refractivity contribution in [3.63, 3.8) is 0 Å². The van der Waals surface area contributed by atoms with Crippen molar-refractivity contribution in [2.24, 2.45) is 17.8 Å². The van der Waals surface area contributed by atoms with E-state index in [0.29, 0.717) is 33.7 Å². The van der Waals surface area contributed by atoms with Crippen LogP contribution in [0.4, 0.5) is 5.82 Å². The quantitative estimate of drug-likeness (QED) is 0.273. The Bertz CT molecular complexity index is 1700. The van der Waals surface area contributed by atoms with E-state index in [1.54, 1.807) is 25.5 Å². The van der Waals surface area contributed by atoms with Crippen molar-refractivity contribution >= 4 is 34.5 Å². The fourth-order valence-electron chi connectivity index (χ4n) is 6.43. The van der Waals surface area contributed by atoms with Crippen LogP contribution in [0, 0.1) is 29.6 Å². The lowest BCUT2D eigenvalue weighted by Crippen LogP contribution is -2.50. The number of carbonyl (C=O) groups is 1. The molecule has 3 saturated carbocycles. The van der Waals surface area contributed by atoms with Gasteiger partial charge < -0.3 is 25.4 Å². The molecule has 4 unspecified atom stereocenters. The Morgan fingerprint density at radius 1 is 1.02 bits per heavy atom. The van der Waals surface area contributed by atoms with E-state index in [4.69, 9.17) is 21.6 Å². The van der Waals surface area contributed by atoms with E-state index in [9.17, 15) is 15.0 Å². The van der Waals surface area contributed by atoms with Gasteiger partial charge in [-0.1, -0.05) is 53.9 Å². The van der Waals surface area contributed by atoms with Gasteiger partial charge in [-0.2, -0.15) is 0 Å². The number of benzene rings is 2. The second-order valence-corrected chi connectivity index (χ2v) is 11.6. The van der Waals surface area contributed by atoms with Gasteiger partial charge in [0, 0.05) is 29.6 Å². The van der Waals surface area contributed by atoms with E-state index < -0.39 is 24.2 Å². The number of halogens is 1. The molecule has 0 bridgehead atoms. The first-order valence-corrected chi connectivity index (χ1v) is 14.2. The monoisotopic (exact) mass is 568 g/mol. The van der Waals surface area contributed by atoms with Gasteiger partial charge >= 0.3 is 0 Å². The Hall–Kier alpha value is -3.97. The van der Waals surface area contributed by atoms with Crippen LogP contribution in [0.1, 0.15) is 41.8 Å². The molecule has 9 nitrogen and oxygen atoms in total. The predicted molar refractivity (Wildman–Crippen MR) is 154 cm³/mol. The molecule has 3 aliphatic rings. The summed E-state index contributed by atoms with van der Waals surface area (Å²) in [5, 5.41) is 29.0. The van der Waals surface area contributed by atoms with Crippen LogP contribution < -0.4 is 10.6 Å². The standard InChI is InChI=1S/C31H29ClN6O3/c1-33-31(41)24-20-13-21(20)26(28(40)27(24)39)38-15-34-25-29(35-22-14-19(22)17-7-3-2-4-8-17)36-23(37-30(25)38)11-10-16-6-5-9-18(32)12-16/h2-9,12,15,19-22,24,26-28,39-40H,13-14H2,1H3,(H,33,41)(H,35,36,37)/t19?,20?,21?,22?,24-,26+,27+,28-/m0/s1. The molecule has 0 saturated heterocycles. The first kappa shape index (κ1) is 26.0. The summed E-state index contributed by atoms with van der Waals surface area (Å²) in [6.07, 6.45) is 1.00. The Kier molecular flexibility index (Phi) is 6.42. The molecule has 208 valence electrons. The van der Waals surface area contributed by atoms with E-state index in [1.807, 2.05) is 34.9 Å². The number of hydrogen-bond donors (Lipinski definition) is 4. The lowest BCUT2D eigenvalue weighted by Gasteiger charge is -2.36. The molecule has 2 heterocycles. The highest BCUT2D eigenvalue weighted by Crippen LogP contribution is 2.58. The lowest BCUT2D eigenvalue weighted by atomic mass is 9.80. The van der Waals surface area contributed by atoms with Crippen LogP contribution in [0.25, 0.3) is 11.2 Å². The summed E-state index contributed by atoms with van der Waals surface area (Å²) in [5.74, 6) is 6.54. The topological polar surface area (TPSA) is 125 Å². The molecule has 8 atom stereocenters. The van der Waals surface area contributed by atoms with Crippen LogP contribution in [0.15, 0.2) is 60.9 Å². The molecule has 7 rings (SSSR count). The van der Waals surface area contributed by atoms with Gasteiger partial charge in [0.25, 0.3) is 0 Å². The van der Waals surface area contributed by atoms with Gasteiger partial charge in [0.2, 0.25) is 11.7 Å². The molecule has 0 aliphatic heterocycles. The molecule has 0 radical (unpaired) electrons. The highest BCUT2D eigenvalue weighted by Gasteiger charge is 2.61. The van der Waals surface area contributed by atoms with Crippen LogP contribution >= 0.6 is 11.6 Å². The highest BCUT2D eigenvalue weighted by atomic mass is 35.5. The Balaban J connectivity index is 1.26. The van der Waals surface area contributed by atoms with Crippen molar-refractivity contribution in [1.82, 2.24) is 24.8 Å². The maximum absolute atomic E-state index is 12.4. The molecule has 2 aromatic heterocycles. The number of imidazole rings is 1. The van der Waals surface area contributed by atoms with Crippen LogP contribution in [0.3, 0.4) is 0 Å². The van der Waals surface area contributed by atoms with Crippen molar-refractivity contribution in [3.05, 3.63) is 82.9 Å². The first-order valence-electron chi connectivity index (χ1n) is 13.8. The van der Waals surface area contributed by atoms with Gasteiger partial charge in [-0.25, -0.2) is 15.0 Å². The molecule has 4 N–H and O–H groups in total. The average Bonchev–Trinajstić information content (AvgIpc) is 3.89. The number of nitrogens with zero attached hydrogens (tertiary/aromatic N) is 4. The molecule has 3 aliphatic carbocycles. The van der Waals surface area contributed by atoms with Gasteiger partial charge in [0.15, 0.2) is 17.0 Å².